The summed E-state index contributed by atoms with van der Waals surface area (Å²) in [6.07, 6.45) is 2.15. The molecule has 2 unspecified atom stereocenters. The van der Waals surface area contributed by atoms with Crippen molar-refractivity contribution in [2.45, 2.75) is 41.5 Å². The number of halogens is 3. The van der Waals surface area contributed by atoms with E-state index >= 15 is 0 Å². The van der Waals surface area contributed by atoms with Gasteiger partial charge in [-0.15, -0.1) is 12.4 Å². The molecular weight excluding hydrogens is 418 g/mol. The molecule has 7 heteroatoms. The third kappa shape index (κ3) is 4.28. The second-order valence-corrected chi connectivity index (χ2v) is 13.6. The predicted molar refractivity (Wildman–Crippen MR) is 111 cm³/mol. The van der Waals surface area contributed by atoms with Gasteiger partial charge in [-0.3, -0.25) is 0 Å². The zero-order valence-electron chi connectivity index (χ0n) is 17.9. The Morgan fingerprint density at radius 2 is 1.68 bits per heavy atom. The first-order valence-corrected chi connectivity index (χ1v) is 12.3. The minimum atomic E-state index is -3.51. The van der Waals surface area contributed by atoms with Crippen molar-refractivity contribution < 1.29 is 30.4 Å². The van der Waals surface area contributed by atoms with Gasteiger partial charge in [0, 0.05) is 0 Å². The molecular formula is C21H31ClF2N2OTi. The van der Waals surface area contributed by atoms with E-state index < -0.39 is 33.9 Å². The molecule has 156 valence electrons. The second-order valence-electron chi connectivity index (χ2n) is 8.44. The van der Waals surface area contributed by atoms with Crippen LogP contribution in [0.2, 0.25) is 0 Å². The van der Waals surface area contributed by atoms with E-state index in [0.717, 1.165) is 25.0 Å². The van der Waals surface area contributed by atoms with Gasteiger partial charge in [0.25, 0.3) is 0 Å². The minimum absolute atomic E-state index is 0. The normalized spacial score (nSPS) is 22.5. The number of carbonyl (C=O) groups is 1. The smallest absolute Gasteiger partial charge is 0.0167 e. The molecule has 0 spiro atoms. The van der Waals surface area contributed by atoms with E-state index in [4.69, 9.17) is 0 Å². The maximum Gasteiger partial charge on any atom is -0.0167 e. The van der Waals surface area contributed by atoms with Gasteiger partial charge < -0.3 is 5.32 Å². The number of hydrogen-bond acceptors (Lipinski definition) is 2. The molecule has 2 aliphatic rings. The molecule has 0 bridgehead atoms. The third-order valence-electron chi connectivity index (χ3n) is 5.11. The van der Waals surface area contributed by atoms with Crippen molar-refractivity contribution in [3.63, 3.8) is 0 Å². The first-order valence-electron chi connectivity index (χ1n) is 9.22. The van der Waals surface area contributed by atoms with E-state index in [0.29, 0.717) is 3.87 Å². The number of hydrogen-bond donors (Lipinski definition) is 2. The van der Waals surface area contributed by atoms with E-state index in [9.17, 15) is 13.6 Å². The molecule has 1 heterocycles. The summed E-state index contributed by atoms with van der Waals surface area (Å²) in [5.41, 5.74) is 1.70. The number of amides is 1. The minimum Gasteiger partial charge on any atom is -0.323 e. The molecule has 2 atom stereocenters. The van der Waals surface area contributed by atoms with Crippen LogP contribution in [0.4, 0.5) is 8.78 Å². The van der Waals surface area contributed by atoms with Crippen LogP contribution in [0.3, 0.4) is 0 Å². The molecule has 0 aromatic heterocycles. The van der Waals surface area contributed by atoms with Crippen LogP contribution in [0, 0.1) is 23.0 Å². The third-order valence-corrected chi connectivity index (χ3v) is 12.1. The first kappa shape index (κ1) is 25.0. The summed E-state index contributed by atoms with van der Waals surface area (Å²) in [7, 11) is 3.75. The number of nitrogens with one attached hydrogen (secondary N) is 2. The SMILES string of the molecule is CC1=CC(C)[C]([Ti]2([NH]C(=O)C(C)(C)C)[c]3cc(F)cc(F)[c]32)=C1C.CNC.Cl. The largest absolute Gasteiger partial charge is 0.323 e. The summed E-state index contributed by atoms with van der Waals surface area (Å²) in [6, 6.07) is 2.35. The molecule has 1 aliphatic carbocycles. The van der Waals surface area contributed by atoms with Gasteiger partial charge >= 0.3 is 146 Å². The van der Waals surface area contributed by atoms with Gasteiger partial charge in [-0.2, -0.15) is 0 Å². The van der Waals surface area contributed by atoms with E-state index in [1.807, 2.05) is 48.7 Å². The Morgan fingerprint density at radius 3 is 2.11 bits per heavy atom. The Morgan fingerprint density at radius 1 is 1.14 bits per heavy atom. The molecule has 0 saturated carbocycles. The Balaban J connectivity index is 0.000000921. The number of rotatable bonds is 2. The van der Waals surface area contributed by atoms with Gasteiger partial charge in [0.05, 0.1) is 0 Å². The molecule has 2 N–H and O–H groups in total. The average molecular weight is 449 g/mol. The van der Waals surface area contributed by atoms with Crippen LogP contribution in [-0.4, -0.2) is 20.0 Å². The number of benzene rings is 1. The maximum atomic E-state index is 14.5. The van der Waals surface area contributed by atoms with Crippen LogP contribution in [0.5, 0.6) is 0 Å². The van der Waals surface area contributed by atoms with Crippen molar-refractivity contribution in [1.29, 1.82) is 0 Å². The summed E-state index contributed by atoms with van der Waals surface area (Å²) in [5.74, 6) is -1.05. The zero-order valence-corrected chi connectivity index (χ0v) is 20.3. The number of fused-ring (bicyclic) bond motifs is 1. The predicted octanol–water partition coefficient (Wildman–Crippen LogP) is 3.59. The summed E-state index contributed by atoms with van der Waals surface area (Å²) >= 11 is -3.51. The Kier molecular flexibility index (Phi) is 7.85. The molecule has 3 rings (SSSR count). The Labute approximate surface area is 177 Å². The van der Waals surface area contributed by atoms with E-state index in [2.05, 4.69) is 22.1 Å². The zero-order chi connectivity index (χ0) is 20.7. The van der Waals surface area contributed by atoms with Crippen LogP contribution >= 0.6 is 12.4 Å². The fraction of sp³-hybridized carbons (Fsp3) is 0.476. The molecule has 0 saturated heterocycles. The first-order chi connectivity index (χ1) is 12.4. The molecule has 28 heavy (non-hydrogen) atoms. The van der Waals surface area contributed by atoms with Crippen LogP contribution < -0.4 is 16.9 Å². The van der Waals surface area contributed by atoms with Crippen molar-refractivity contribution in [2.24, 2.45) is 11.3 Å². The monoisotopic (exact) mass is 448 g/mol. The summed E-state index contributed by atoms with van der Waals surface area (Å²) < 4.78 is 33.9. The van der Waals surface area contributed by atoms with Crippen LogP contribution in [0.25, 0.3) is 0 Å². The van der Waals surface area contributed by atoms with E-state index in [1.54, 1.807) is 0 Å². The molecule has 3 nitrogen and oxygen atoms in total. The van der Waals surface area contributed by atoms with Gasteiger partial charge in [0.1, 0.15) is 0 Å². The summed E-state index contributed by atoms with van der Waals surface area (Å²) in [5, 5.41) is 2.75. The van der Waals surface area contributed by atoms with Crippen LogP contribution in [0.15, 0.2) is 33.2 Å². The molecule has 1 aromatic carbocycles. The van der Waals surface area contributed by atoms with Crippen LogP contribution in [0.1, 0.15) is 41.5 Å². The van der Waals surface area contributed by atoms with Gasteiger partial charge in [-0.05, 0) is 14.1 Å². The fourth-order valence-electron chi connectivity index (χ4n) is 3.76. The standard InChI is InChI=1S/C8H11.C6H2F2.C5H11NO.C2H7N.ClH.Ti/c1-6-4-7(2)8(3)5-6;7-5-2-1-3-6(8)4-5;1-5(2,3)4(6)7;1-3-2;;/h4,6H,1-3H3;2,4H;1-3H3,(H2,6,7);3H,1-2H3;1H;/q;;;;;+1/p-1. The number of carbonyl (C=O) groups excluding carboxylic acids is 1. The summed E-state index contributed by atoms with van der Waals surface area (Å²) in [6.45, 7) is 11.6. The molecule has 1 aliphatic heterocycles. The van der Waals surface area contributed by atoms with Crippen molar-refractivity contribution in [2.75, 3.05) is 14.1 Å². The van der Waals surface area contributed by atoms with Crippen molar-refractivity contribution >= 4 is 26.1 Å². The van der Waals surface area contributed by atoms with Crippen molar-refractivity contribution in [3.05, 3.63) is 44.9 Å². The quantitative estimate of drug-likeness (QED) is 0.679. The molecule has 0 radical (unpaired) electrons. The van der Waals surface area contributed by atoms with E-state index in [1.165, 1.54) is 6.07 Å². The second kappa shape index (κ2) is 8.78. The van der Waals surface area contributed by atoms with Crippen molar-refractivity contribution in [3.8, 4) is 0 Å². The van der Waals surface area contributed by atoms with Gasteiger partial charge in [0.15, 0.2) is 0 Å². The topological polar surface area (TPSA) is 41.1 Å². The molecule has 0 fully saturated rings. The molecule has 1 amide bonds. The maximum absolute atomic E-state index is 14.5. The summed E-state index contributed by atoms with van der Waals surface area (Å²) in [4.78, 5) is 12.7. The van der Waals surface area contributed by atoms with Crippen LogP contribution in [-0.2, 0) is 21.6 Å². The van der Waals surface area contributed by atoms with Gasteiger partial charge in [0.2, 0.25) is 0 Å². The average Bonchev–Trinajstić information content (AvgIpc) is 3.05. The molecule has 1 aromatic rings. The van der Waals surface area contributed by atoms with Gasteiger partial charge in [-0.25, -0.2) is 0 Å². The van der Waals surface area contributed by atoms with E-state index in [-0.39, 0.29) is 24.2 Å². The fourth-order valence-corrected chi connectivity index (χ4v) is 12.0. The Bertz CT molecular complexity index is 846. The number of allylic oxidation sites excluding steroid dienone is 4. The van der Waals surface area contributed by atoms with Crippen molar-refractivity contribution in [1.82, 2.24) is 9.12 Å². The Hall–Kier alpha value is -1.01. The van der Waals surface area contributed by atoms with Gasteiger partial charge in [-0.1, -0.05) is 0 Å².